The van der Waals surface area contributed by atoms with E-state index in [9.17, 15) is 4.79 Å². The molecule has 1 fully saturated rings. The highest BCUT2D eigenvalue weighted by atomic mass is 35.5. The fraction of sp³-hybridized carbons (Fsp3) is 0.500. The van der Waals surface area contributed by atoms with E-state index in [4.69, 9.17) is 16.7 Å². The highest BCUT2D eigenvalue weighted by Crippen LogP contribution is 2.20. The molecule has 0 amide bonds. The third-order valence-electron chi connectivity index (χ3n) is 2.78. The van der Waals surface area contributed by atoms with Gasteiger partial charge >= 0.3 is 5.97 Å². The lowest BCUT2D eigenvalue weighted by molar-refractivity contribution is 0.0696. The number of nitrogens with zero attached hydrogens (tertiary/aromatic N) is 4. The predicted molar refractivity (Wildman–Crippen MR) is 63.7 cm³/mol. The molecular formula is C10H13ClN4O2. The molecule has 0 saturated carbocycles. The summed E-state index contributed by atoms with van der Waals surface area (Å²) in [5, 5.41) is 16.8. The number of likely N-dealkylation sites (N-methyl/N-ethyl adjacent to an activating group) is 1. The van der Waals surface area contributed by atoms with Crippen LogP contribution in [-0.2, 0) is 0 Å². The quantitative estimate of drug-likeness (QED) is 0.835. The van der Waals surface area contributed by atoms with Crippen LogP contribution in [0.4, 0.5) is 5.82 Å². The van der Waals surface area contributed by atoms with Crippen LogP contribution in [0.2, 0.25) is 5.15 Å². The van der Waals surface area contributed by atoms with Gasteiger partial charge in [-0.05, 0) is 13.1 Å². The number of carbonyl (C=O) groups is 1. The summed E-state index contributed by atoms with van der Waals surface area (Å²) >= 11 is 5.66. The van der Waals surface area contributed by atoms with Gasteiger partial charge in [0.2, 0.25) is 0 Å². The molecular weight excluding hydrogens is 244 g/mol. The molecule has 0 unspecified atom stereocenters. The molecule has 0 spiro atoms. The van der Waals surface area contributed by atoms with E-state index in [1.165, 1.54) is 6.07 Å². The van der Waals surface area contributed by atoms with E-state index in [0.717, 1.165) is 26.2 Å². The molecule has 1 aromatic heterocycles. The first-order valence-electron chi connectivity index (χ1n) is 5.28. The Morgan fingerprint density at radius 2 is 2.00 bits per heavy atom. The number of anilines is 1. The van der Waals surface area contributed by atoms with Gasteiger partial charge in [-0.15, -0.1) is 10.2 Å². The van der Waals surface area contributed by atoms with Gasteiger partial charge in [0.15, 0.2) is 11.0 Å². The smallest absolute Gasteiger partial charge is 0.339 e. The van der Waals surface area contributed by atoms with Crippen molar-refractivity contribution in [2.45, 2.75) is 0 Å². The Morgan fingerprint density at radius 1 is 1.35 bits per heavy atom. The second-order valence-electron chi connectivity index (χ2n) is 4.00. The zero-order valence-corrected chi connectivity index (χ0v) is 10.2. The Balaban J connectivity index is 2.28. The summed E-state index contributed by atoms with van der Waals surface area (Å²) in [7, 11) is 2.03. The Hall–Kier alpha value is -1.40. The summed E-state index contributed by atoms with van der Waals surface area (Å²) in [6.07, 6.45) is 0. The summed E-state index contributed by atoms with van der Waals surface area (Å²) in [6.45, 7) is 3.24. The molecule has 1 saturated heterocycles. The van der Waals surface area contributed by atoms with Crippen molar-refractivity contribution in [1.29, 1.82) is 0 Å². The second kappa shape index (κ2) is 4.85. The number of piperazine rings is 1. The van der Waals surface area contributed by atoms with Crippen LogP contribution in [0.5, 0.6) is 0 Å². The Bertz CT molecular complexity index is 432. The Morgan fingerprint density at radius 3 is 2.59 bits per heavy atom. The van der Waals surface area contributed by atoms with Gasteiger partial charge in [-0.3, -0.25) is 0 Å². The minimum atomic E-state index is -1.03. The normalized spacial score (nSPS) is 17.2. The number of rotatable bonds is 2. The van der Waals surface area contributed by atoms with Gasteiger partial charge in [-0.25, -0.2) is 4.79 Å². The van der Waals surface area contributed by atoms with E-state index < -0.39 is 5.97 Å². The fourth-order valence-corrected chi connectivity index (χ4v) is 1.92. The van der Waals surface area contributed by atoms with Gasteiger partial charge < -0.3 is 14.9 Å². The maximum absolute atomic E-state index is 11.1. The Labute approximate surface area is 104 Å². The van der Waals surface area contributed by atoms with E-state index in [1.807, 2.05) is 11.9 Å². The predicted octanol–water partition coefficient (Wildman–Crippen LogP) is 0.580. The van der Waals surface area contributed by atoms with Gasteiger partial charge in [0.25, 0.3) is 0 Å². The van der Waals surface area contributed by atoms with Crippen molar-refractivity contribution in [1.82, 2.24) is 15.1 Å². The first-order valence-corrected chi connectivity index (χ1v) is 5.65. The highest BCUT2D eigenvalue weighted by Gasteiger charge is 2.22. The van der Waals surface area contributed by atoms with Crippen LogP contribution >= 0.6 is 11.6 Å². The van der Waals surface area contributed by atoms with Crippen LogP contribution in [-0.4, -0.2) is 59.4 Å². The summed E-state index contributed by atoms with van der Waals surface area (Å²) in [4.78, 5) is 15.2. The van der Waals surface area contributed by atoms with Crippen LogP contribution in [0, 0.1) is 0 Å². The molecule has 0 aromatic carbocycles. The number of carboxylic acid groups (broad SMARTS) is 1. The average molecular weight is 257 g/mol. The summed E-state index contributed by atoms with van der Waals surface area (Å²) in [5.41, 5.74) is 0.106. The lowest BCUT2D eigenvalue weighted by atomic mass is 10.2. The molecule has 17 heavy (non-hydrogen) atoms. The van der Waals surface area contributed by atoms with Crippen molar-refractivity contribution in [3.05, 3.63) is 16.8 Å². The van der Waals surface area contributed by atoms with Crippen molar-refractivity contribution < 1.29 is 9.90 Å². The maximum atomic E-state index is 11.1. The summed E-state index contributed by atoms with van der Waals surface area (Å²) in [6, 6.07) is 1.34. The number of halogens is 1. The summed E-state index contributed by atoms with van der Waals surface area (Å²) < 4.78 is 0. The average Bonchev–Trinajstić information content (AvgIpc) is 2.30. The van der Waals surface area contributed by atoms with Crippen LogP contribution in [0.25, 0.3) is 0 Å². The largest absolute Gasteiger partial charge is 0.478 e. The molecule has 0 bridgehead atoms. The van der Waals surface area contributed by atoms with E-state index in [-0.39, 0.29) is 10.7 Å². The standard InChI is InChI=1S/C10H13ClN4O2/c1-14-2-4-15(5-3-14)9-7(10(16)17)6-8(11)12-13-9/h6H,2-5H2,1H3,(H,16,17). The minimum Gasteiger partial charge on any atom is -0.478 e. The molecule has 1 aromatic rings. The lowest BCUT2D eigenvalue weighted by Gasteiger charge is -2.33. The number of hydrogen-bond donors (Lipinski definition) is 1. The molecule has 2 heterocycles. The molecule has 6 nitrogen and oxygen atoms in total. The first kappa shape index (κ1) is 12.1. The lowest BCUT2D eigenvalue weighted by Crippen LogP contribution is -2.45. The fourth-order valence-electron chi connectivity index (χ4n) is 1.77. The van der Waals surface area contributed by atoms with Crippen molar-refractivity contribution in [2.24, 2.45) is 0 Å². The molecule has 0 radical (unpaired) electrons. The third kappa shape index (κ3) is 2.65. The second-order valence-corrected chi connectivity index (χ2v) is 4.39. The van der Waals surface area contributed by atoms with Crippen molar-refractivity contribution in [2.75, 3.05) is 38.1 Å². The molecule has 92 valence electrons. The zero-order chi connectivity index (χ0) is 12.4. The monoisotopic (exact) mass is 256 g/mol. The number of aromatic nitrogens is 2. The van der Waals surface area contributed by atoms with Crippen LogP contribution in [0.1, 0.15) is 10.4 Å². The van der Waals surface area contributed by atoms with Crippen LogP contribution in [0.3, 0.4) is 0 Å². The molecule has 2 rings (SSSR count). The highest BCUT2D eigenvalue weighted by molar-refractivity contribution is 6.29. The number of hydrogen-bond acceptors (Lipinski definition) is 5. The van der Waals surface area contributed by atoms with E-state index >= 15 is 0 Å². The molecule has 0 atom stereocenters. The zero-order valence-electron chi connectivity index (χ0n) is 9.43. The SMILES string of the molecule is CN1CCN(c2nnc(Cl)cc2C(=O)O)CC1. The van der Waals surface area contributed by atoms with Gasteiger partial charge in [0.1, 0.15) is 5.56 Å². The van der Waals surface area contributed by atoms with Crippen molar-refractivity contribution in [3.63, 3.8) is 0 Å². The van der Waals surface area contributed by atoms with Crippen LogP contribution in [0.15, 0.2) is 6.07 Å². The van der Waals surface area contributed by atoms with Gasteiger partial charge in [-0.1, -0.05) is 11.6 Å². The maximum Gasteiger partial charge on any atom is 0.339 e. The molecule has 1 aliphatic rings. The third-order valence-corrected chi connectivity index (χ3v) is 2.96. The summed E-state index contributed by atoms with van der Waals surface area (Å²) in [5.74, 6) is -0.634. The van der Waals surface area contributed by atoms with Crippen molar-refractivity contribution >= 4 is 23.4 Å². The van der Waals surface area contributed by atoms with Gasteiger partial charge in [-0.2, -0.15) is 0 Å². The minimum absolute atomic E-state index is 0.0975. The van der Waals surface area contributed by atoms with E-state index in [2.05, 4.69) is 15.1 Å². The van der Waals surface area contributed by atoms with E-state index in [0.29, 0.717) is 5.82 Å². The van der Waals surface area contributed by atoms with Crippen LogP contribution < -0.4 is 4.90 Å². The molecule has 7 heteroatoms. The molecule has 1 aliphatic heterocycles. The number of carboxylic acids is 1. The number of aromatic carboxylic acids is 1. The van der Waals surface area contributed by atoms with Crippen molar-refractivity contribution in [3.8, 4) is 0 Å². The molecule has 1 N–H and O–H groups in total. The topological polar surface area (TPSA) is 69.6 Å². The first-order chi connectivity index (χ1) is 8.08. The molecule has 0 aliphatic carbocycles. The Kier molecular flexibility index (Phi) is 3.44. The van der Waals surface area contributed by atoms with Gasteiger partial charge in [0, 0.05) is 26.2 Å². The van der Waals surface area contributed by atoms with Gasteiger partial charge in [0.05, 0.1) is 0 Å². The van der Waals surface area contributed by atoms with E-state index in [1.54, 1.807) is 0 Å².